The van der Waals surface area contributed by atoms with Crippen molar-refractivity contribution in [3.05, 3.63) is 59.7 Å². The van der Waals surface area contributed by atoms with Crippen molar-refractivity contribution in [2.24, 2.45) is 0 Å². The van der Waals surface area contributed by atoms with Gasteiger partial charge in [0.05, 0.1) is 16.4 Å². The van der Waals surface area contributed by atoms with Crippen molar-refractivity contribution in [3.63, 3.8) is 0 Å². The van der Waals surface area contributed by atoms with Crippen molar-refractivity contribution in [2.45, 2.75) is 43.7 Å². The normalized spacial score (nSPS) is 18.0. The van der Waals surface area contributed by atoms with Crippen LogP contribution < -0.4 is 15.4 Å². The van der Waals surface area contributed by atoms with Crippen LogP contribution in [0.3, 0.4) is 0 Å². The van der Waals surface area contributed by atoms with Gasteiger partial charge in [-0.2, -0.15) is 0 Å². The van der Waals surface area contributed by atoms with Crippen LogP contribution in [0.4, 0.5) is 5.69 Å². The predicted molar refractivity (Wildman–Crippen MR) is 125 cm³/mol. The highest BCUT2D eigenvalue weighted by atomic mass is 32.2. The number of carbonyl (C=O) groups is 2. The van der Waals surface area contributed by atoms with Gasteiger partial charge in [-0.1, -0.05) is 0 Å². The van der Waals surface area contributed by atoms with Gasteiger partial charge in [0.25, 0.3) is 11.8 Å². The molecule has 3 rings (SSSR count). The Bertz CT molecular complexity index is 1250. The van der Waals surface area contributed by atoms with Gasteiger partial charge in [0.1, 0.15) is 0 Å². The zero-order valence-electron chi connectivity index (χ0n) is 18.6. The Hall–Kier alpha value is -2.76. The highest BCUT2D eigenvalue weighted by Gasteiger charge is 2.31. The third-order valence-electron chi connectivity index (χ3n) is 4.87. The molecular weight excluding hydrogens is 466 g/mol. The van der Waals surface area contributed by atoms with E-state index >= 15 is 0 Å². The minimum absolute atomic E-state index is 0.0287. The number of anilines is 1. The number of nitrogens with one attached hydrogen (secondary N) is 3. The SMILES string of the molecule is CC(C)(C)NC(=O)c1ccc(C(=O)Nc2ccc(S(=O)(=O)NC3CCS(=O)(=O)C3)cc2)cc1. The van der Waals surface area contributed by atoms with Crippen LogP contribution in [-0.4, -0.2) is 51.7 Å². The van der Waals surface area contributed by atoms with Crippen LogP contribution in [0.25, 0.3) is 0 Å². The third kappa shape index (κ3) is 6.86. The van der Waals surface area contributed by atoms with Crippen LogP contribution >= 0.6 is 0 Å². The average molecular weight is 494 g/mol. The van der Waals surface area contributed by atoms with E-state index in [1.165, 1.54) is 36.4 Å². The van der Waals surface area contributed by atoms with Crippen LogP contribution in [0.15, 0.2) is 53.4 Å². The summed E-state index contributed by atoms with van der Waals surface area (Å²) in [6, 6.07) is 11.1. The largest absolute Gasteiger partial charge is 0.347 e. The van der Waals surface area contributed by atoms with Gasteiger partial charge < -0.3 is 10.6 Å². The molecule has 1 heterocycles. The van der Waals surface area contributed by atoms with Crippen molar-refractivity contribution in [3.8, 4) is 0 Å². The standard InChI is InChI=1S/C22H27N3O6S2/c1-22(2,3)24-21(27)16-6-4-15(5-7-16)20(26)23-17-8-10-19(11-9-17)33(30,31)25-18-12-13-32(28,29)14-18/h4-11,18,25H,12-14H2,1-3H3,(H,23,26)(H,24,27). The molecule has 2 aromatic rings. The summed E-state index contributed by atoms with van der Waals surface area (Å²) in [4.78, 5) is 24.7. The number of hydrogen-bond acceptors (Lipinski definition) is 6. The van der Waals surface area contributed by atoms with Gasteiger partial charge in [-0.3, -0.25) is 9.59 Å². The van der Waals surface area contributed by atoms with Crippen molar-refractivity contribution in [1.82, 2.24) is 10.0 Å². The van der Waals surface area contributed by atoms with E-state index < -0.39 is 31.8 Å². The Morgan fingerprint density at radius 3 is 1.94 bits per heavy atom. The van der Waals surface area contributed by atoms with Gasteiger partial charge in [-0.15, -0.1) is 0 Å². The van der Waals surface area contributed by atoms with Gasteiger partial charge in [0, 0.05) is 28.4 Å². The summed E-state index contributed by atoms with van der Waals surface area (Å²) in [7, 11) is -7.09. The molecular formula is C22H27N3O6S2. The van der Waals surface area contributed by atoms with E-state index in [0.717, 1.165) is 0 Å². The van der Waals surface area contributed by atoms with E-state index in [1.54, 1.807) is 12.1 Å². The van der Waals surface area contributed by atoms with Gasteiger partial charge in [0.2, 0.25) is 10.0 Å². The van der Waals surface area contributed by atoms with E-state index in [0.29, 0.717) is 16.8 Å². The van der Waals surface area contributed by atoms with Crippen LogP contribution in [-0.2, 0) is 19.9 Å². The van der Waals surface area contributed by atoms with Crippen LogP contribution in [0.5, 0.6) is 0 Å². The van der Waals surface area contributed by atoms with E-state index in [-0.39, 0.29) is 34.3 Å². The first-order valence-electron chi connectivity index (χ1n) is 10.3. The van der Waals surface area contributed by atoms with Gasteiger partial charge in [0.15, 0.2) is 9.84 Å². The molecule has 3 N–H and O–H groups in total. The van der Waals surface area contributed by atoms with E-state index in [4.69, 9.17) is 0 Å². The fourth-order valence-electron chi connectivity index (χ4n) is 3.28. The Kier molecular flexibility index (Phi) is 6.96. The van der Waals surface area contributed by atoms with Crippen LogP contribution in [0.2, 0.25) is 0 Å². The molecule has 0 spiro atoms. The smallest absolute Gasteiger partial charge is 0.255 e. The molecule has 2 aromatic carbocycles. The molecule has 9 nitrogen and oxygen atoms in total. The van der Waals surface area contributed by atoms with Crippen molar-refractivity contribution in [1.29, 1.82) is 0 Å². The quantitative estimate of drug-likeness (QED) is 0.562. The molecule has 0 aliphatic carbocycles. The second kappa shape index (κ2) is 9.24. The first kappa shape index (κ1) is 24.9. The zero-order valence-corrected chi connectivity index (χ0v) is 20.2. The molecule has 1 saturated heterocycles. The number of rotatable bonds is 6. The fraction of sp³-hybridized carbons (Fsp3) is 0.364. The summed E-state index contributed by atoms with van der Waals surface area (Å²) in [6.45, 7) is 5.62. The van der Waals surface area contributed by atoms with Gasteiger partial charge in [-0.05, 0) is 75.7 Å². The van der Waals surface area contributed by atoms with E-state index in [1.807, 2.05) is 20.8 Å². The Morgan fingerprint density at radius 1 is 0.909 bits per heavy atom. The summed E-state index contributed by atoms with van der Waals surface area (Å²) in [6.07, 6.45) is 0.242. The summed E-state index contributed by atoms with van der Waals surface area (Å²) in [5.41, 5.74) is 0.774. The Labute approximate surface area is 193 Å². The molecule has 1 atom stereocenters. The number of benzene rings is 2. The lowest BCUT2D eigenvalue weighted by atomic mass is 10.1. The summed E-state index contributed by atoms with van der Waals surface area (Å²) >= 11 is 0. The van der Waals surface area contributed by atoms with Crippen molar-refractivity contribution in [2.75, 3.05) is 16.8 Å². The molecule has 0 bridgehead atoms. The number of amides is 2. The minimum Gasteiger partial charge on any atom is -0.347 e. The number of carbonyl (C=O) groups excluding carboxylic acids is 2. The zero-order chi connectivity index (χ0) is 24.4. The molecule has 0 saturated carbocycles. The summed E-state index contributed by atoms with van der Waals surface area (Å²) in [5.74, 6) is -0.900. The molecule has 0 radical (unpaired) electrons. The topological polar surface area (TPSA) is 139 Å². The lowest BCUT2D eigenvalue weighted by Gasteiger charge is -2.20. The van der Waals surface area contributed by atoms with Crippen LogP contribution in [0.1, 0.15) is 47.9 Å². The molecule has 2 amide bonds. The van der Waals surface area contributed by atoms with Gasteiger partial charge in [-0.25, -0.2) is 21.6 Å². The van der Waals surface area contributed by atoms with Crippen molar-refractivity contribution >= 4 is 37.4 Å². The van der Waals surface area contributed by atoms with E-state index in [9.17, 15) is 26.4 Å². The molecule has 1 aliphatic rings. The predicted octanol–water partition coefficient (Wildman–Crippen LogP) is 1.93. The first-order valence-corrected chi connectivity index (χ1v) is 13.6. The molecule has 0 aromatic heterocycles. The Morgan fingerprint density at radius 2 is 1.45 bits per heavy atom. The maximum atomic E-state index is 12.5. The molecule has 1 fully saturated rings. The highest BCUT2D eigenvalue weighted by molar-refractivity contribution is 7.92. The van der Waals surface area contributed by atoms with Crippen molar-refractivity contribution < 1.29 is 26.4 Å². The number of sulfone groups is 1. The van der Waals surface area contributed by atoms with E-state index in [2.05, 4.69) is 15.4 Å². The second-order valence-corrected chi connectivity index (χ2v) is 12.9. The average Bonchev–Trinajstić information content (AvgIpc) is 3.04. The Balaban J connectivity index is 1.62. The maximum Gasteiger partial charge on any atom is 0.255 e. The molecule has 33 heavy (non-hydrogen) atoms. The highest BCUT2D eigenvalue weighted by Crippen LogP contribution is 2.18. The summed E-state index contributed by atoms with van der Waals surface area (Å²) in [5, 5.41) is 5.52. The number of hydrogen-bond donors (Lipinski definition) is 3. The minimum atomic E-state index is -3.88. The lowest BCUT2D eigenvalue weighted by Crippen LogP contribution is -2.40. The van der Waals surface area contributed by atoms with Gasteiger partial charge >= 0.3 is 0 Å². The molecule has 1 aliphatic heterocycles. The monoisotopic (exact) mass is 493 g/mol. The van der Waals surface area contributed by atoms with Crippen LogP contribution in [0, 0.1) is 0 Å². The second-order valence-electron chi connectivity index (χ2n) is 8.98. The summed E-state index contributed by atoms with van der Waals surface area (Å²) < 4.78 is 50.5. The fourth-order valence-corrected chi connectivity index (χ4v) is 6.33. The first-order chi connectivity index (χ1) is 15.2. The number of sulfonamides is 1. The maximum absolute atomic E-state index is 12.5. The molecule has 178 valence electrons. The third-order valence-corrected chi connectivity index (χ3v) is 8.18. The molecule has 1 unspecified atom stereocenters. The molecule has 11 heteroatoms. The lowest BCUT2D eigenvalue weighted by molar-refractivity contribution is 0.0918.